The topological polar surface area (TPSA) is 3.24 Å². The van der Waals surface area contributed by atoms with Gasteiger partial charge in [-0.3, -0.25) is 0 Å². The van der Waals surface area contributed by atoms with Crippen LogP contribution in [0.5, 0.6) is 0 Å². The standard InChI is InChI=1S/C5H13N.Ru/c1-5(2)6(3)4;/h5H,1-4H3;/q;+2. The second-order valence-electron chi connectivity index (χ2n) is 2.06. The van der Waals surface area contributed by atoms with Crippen LogP contribution in [-0.4, -0.2) is 25.0 Å². The van der Waals surface area contributed by atoms with E-state index < -0.39 is 0 Å². The van der Waals surface area contributed by atoms with Crippen LogP contribution in [0.15, 0.2) is 0 Å². The van der Waals surface area contributed by atoms with Crippen molar-refractivity contribution < 1.29 is 19.5 Å². The van der Waals surface area contributed by atoms with E-state index in [4.69, 9.17) is 0 Å². The van der Waals surface area contributed by atoms with Gasteiger partial charge in [0, 0.05) is 6.04 Å². The van der Waals surface area contributed by atoms with Crippen LogP contribution >= 0.6 is 0 Å². The van der Waals surface area contributed by atoms with Gasteiger partial charge in [0.2, 0.25) is 0 Å². The molecule has 0 spiro atoms. The van der Waals surface area contributed by atoms with Crippen molar-refractivity contribution >= 4 is 0 Å². The van der Waals surface area contributed by atoms with E-state index in [2.05, 4.69) is 32.8 Å². The van der Waals surface area contributed by atoms with Crippen LogP contribution < -0.4 is 0 Å². The van der Waals surface area contributed by atoms with E-state index in [0.29, 0.717) is 6.04 Å². The van der Waals surface area contributed by atoms with Crippen molar-refractivity contribution in [3.05, 3.63) is 0 Å². The summed E-state index contributed by atoms with van der Waals surface area (Å²) in [4.78, 5) is 2.17. The fourth-order valence-corrected chi connectivity index (χ4v) is 0. The molecule has 0 rings (SSSR count). The van der Waals surface area contributed by atoms with E-state index in [1.165, 1.54) is 0 Å². The van der Waals surface area contributed by atoms with Crippen LogP contribution in [0.1, 0.15) is 13.8 Å². The monoisotopic (exact) mass is 189 g/mol. The van der Waals surface area contributed by atoms with Gasteiger partial charge in [-0.15, -0.1) is 0 Å². The molecule has 0 aromatic heterocycles. The van der Waals surface area contributed by atoms with Crippen molar-refractivity contribution in [2.24, 2.45) is 0 Å². The fraction of sp³-hybridized carbons (Fsp3) is 1.00. The molecule has 0 radical (unpaired) electrons. The molecule has 0 saturated carbocycles. The number of hydrogen-bond acceptors (Lipinski definition) is 1. The van der Waals surface area contributed by atoms with Crippen LogP contribution in [0.2, 0.25) is 0 Å². The maximum Gasteiger partial charge on any atom is 2.00 e. The van der Waals surface area contributed by atoms with Gasteiger partial charge < -0.3 is 4.90 Å². The molecule has 44 valence electrons. The zero-order chi connectivity index (χ0) is 5.15. The summed E-state index contributed by atoms with van der Waals surface area (Å²) in [6.07, 6.45) is 0. The molecule has 0 N–H and O–H groups in total. The molecule has 0 aliphatic heterocycles. The van der Waals surface area contributed by atoms with Gasteiger partial charge in [0.15, 0.2) is 0 Å². The molecule has 1 nitrogen and oxygen atoms in total. The molecule has 7 heavy (non-hydrogen) atoms. The Hall–Kier alpha value is 0.583. The van der Waals surface area contributed by atoms with Gasteiger partial charge in [0.05, 0.1) is 0 Å². The van der Waals surface area contributed by atoms with Gasteiger partial charge in [-0.25, -0.2) is 0 Å². The molecule has 0 saturated heterocycles. The molecule has 0 amide bonds. The van der Waals surface area contributed by atoms with Crippen molar-refractivity contribution in [3.8, 4) is 0 Å². The summed E-state index contributed by atoms with van der Waals surface area (Å²) in [6, 6.07) is 0.685. The predicted molar refractivity (Wildman–Crippen MR) is 28.8 cm³/mol. The molecule has 0 fully saturated rings. The third-order valence-corrected chi connectivity index (χ3v) is 1.03. The quantitative estimate of drug-likeness (QED) is 0.554. The minimum absolute atomic E-state index is 0. The van der Waals surface area contributed by atoms with Crippen molar-refractivity contribution in [1.29, 1.82) is 0 Å². The normalized spacial score (nSPS) is 9.43. The van der Waals surface area contributed by atoms with Crippen molar-refractivity contribution in [1.82, 2.24) is 4.90 Å². The fourth-order valence-electron chi connectivity index (χ4n) is 0. The third-order valence-electron chi connectivity index (χ3n) is 1.03. The Labute approximate surface area is 58.8 Å². The van der Waals surface area contributed by atoms with E-state index in [1.807, 2.05) is 0 Å². The second-order valence-corrected chi connectivity index (χ2v) is 2.06. The average molecular weight is 188 g/mol. The average Bonchev–Trinajstić information content (AvgIpc) is 1.36. The number of hydrogen-bond donors (Lipinski definition) is 0. The Balaban J connectivity index is 0. The zero-order valence-corrected chi connectivity index (χ0v) is 7.12. The molecule has 0 bridgehead atoms. The summed E-state index contributed by atoms with van der Waals surface area (Å²) in [5, 5.41) is 0. The van der Waals surface area contributed by atoms with E-state index >= 15 is 0 Å². The minimum atomic E-state index is 0. The molecule has 0 heterocycles. The largest absolute Gasteiger partial charge is 2.00 e. The Morgan fingerprint density at radius 2 is 1.29 bits per heavy atom. The molecule has 0 aromatic carbocycles. The van der Waals surface area contributed by atoms with Gasteiger partial charge in [-0.05, 0) is 27.9 Å². The molecule has 0 atom stereocenters. The first-order chi connectivity index (χ1) is 2.64. The second kappa shape index (κ2) is 4.74. The summed E-state index contributed by atoms with van der Waals surface area (Å²) in [7, 11) is 4.15. The first-order valence-electron chi connectivity index (χ1n) is 2.31. The maximum atomic E-state index is 2.17. The summed E-state index contributed by atoms with van der Waals surface area (Å²) < 4.78 is 0. The SMILES string of the molecule is CC(C)N(C)C.[Ru+2]. The van der Waals surface area contributed by atoms with E-state index in [9.17, 15) is 0 Å². The Bertz CT molecular complexity index is 29.1. The Kier molecular flexibility index (Phi) is 7.13. The van der Waals surface area contributed by atoms with Crippen molar-refractivity contribution in [2.75, 3.05) is 14.1 Å². The van der Waals surface area contributed by atoms with E-state index in [-0.39, 0.29) is 19.5 Å². The number of rotatable bonds is 1. The summed E-state index contributed by atoms with van der Waals surface area (Å²) in [6.45, 7) is 4.33. The van der Waals surface area contributed by atoms with Crippen LogP contribution in [-0.2, 0) is 19.5 Å². The van der Waals surface area contributed by atoms with Crippen LogP contribution in [0, 0.1) is 0 Å². The summed E-state index contributed by atoms with van der Waals surface area (Å²) >= 11 is 0. The number of nitrogens with zero attached hydrogens (tertiary/aromatic N) is 1. The van der Waals surface area contributed by atoms with Gasteiger partial charge in [-0.2, -0.15) is 0 Å². The van der Waals surface area contributed by atoms with Gasteiger partial charge in [0.25, 0.3) is 0 Å². The molecule has 0 aliphatic rings. The summed E-state index contributed by atoms with van der Waals surface area (Å²) in [5.41, 5.74) is 0. The van der Waals surface area contributed by atoms with Gasteiger partial charge >= 0.3 is 19.5 Å². The van der Waals surface area contributed by atoms with Crippen LogP contribution in [0.4, 0.5) is 0 Å². The summed E-state index contributed by atoms with van der Waals surface area (Å²) in [5.74, 6) is 0. The van der Waals surface area contributed by atoms with E-state index in [1.54, 1.807) is 0 Å². The molecule has 0 aromatic rings. The smallest absolute Gasteiger partial charge is 0.307 e. The maximum absolute atomic E-state index is 2.17. The van der Waals surface area contributed by atoms with Crippen LogP contribution in [0.3, 0.4) is 0 Å². The molecule has 2 heteroatoms. The Morgan fingerprint density at radius 3 is 1.29 bits per heavy atom. The van der Waals surface area contributed by atoms with Crippen molar-refractivity contribution in [2.45, 2.75) is 19.9 Å². The van der Waals surface area contributed by atoms with E-state index in [0.717, 1.165) is 0 Å². The molecular weight excluding hydrogens is 175 g/mol. The van der Waals surface area contributed by atoms with Gasteiger partial charge in [0.1, 0.15) is 0 Å². The first-order valence-corrected chi connectivity index (χ1v) is 2.31. The van der Waals surface area contributed by atoms with Crippen molar-refractivity contribution in [3.63, 3.8) is 0 Å². The Morgan fingerprint density at radius 1 is 1.14 bits per heavy atom. The zero-order valence-electron chi connectivity index (χ0n) is 5.38. The molecule has 0 aliphatic carbocycles. The predicted octanol–water partition coefficient (Wildman–Crippen LogP) is 0.954. The minimum Gasteiger partial charge on any atom is -0.307 e. The first kappa shape index (κ1) is 10.5. The van der Waals surface area contributed by atoms with Gasteiger partial charge in [-0.1, -0.05) is 0 Å². The molecular formula is C5H13NRu+2. The molecule has 0 unspecified atom stereocenters. The third kappa shape index (κ3) is 6.58. The van der Waals surface area contributed by atoms with Crippen LogP contribution in [0.25, 0.3) is 0 Å².